The van der Waals surface area contributed by atoms with E-state index >= 15 is 0 Å². The summed E-state index contributed by atoms with van der Waals surface area (Å²) in [6.07, 6.45) is -4.45. The van der Waals surface area contributed by atoms with Crippen LogP contribution >= 0.6 is 0 Å². The second-order valence-corrected chi connectivity index (χ2v) is 5.72. The number of amides is 2. The van der Waals surface area contributed by atoms with Gasteiger partial charge in [-0.3, -0.25) is 14.5 Å². The Hall–Kier alpha value is -1.31. The van der Waals surface area contributed by atoms with Crippen molar-refractivity contribution in [3.05, 3.63) is 0 Å². The third kappa shape index (κ3) is 8.73. The first-order valence-corrected chi connectivity index (χ1v) is 6.17. The Morgan fingerprint density at radius 3 is 2.10 bits per heavy atom. The summed E-state index contributed by atoms with van der Waals surface area (Å²) in [5, 5.41) is 4.50. The van der Waals surface area contributed by atoms with Crippen LogP contribution in [0.4, 0.5) is 13.2 Å². The number of rotatable bonds is 5. The Morgan fingerprint density at radius 1 is 1.20 bits per heavy atom. The van der Waals surface area contributed by atoms with Crippen LogP contribution in [0.3, 0.4) is 0 Å². The first kappa shape index (κ1) is 18.7. The Morgan fingerprint density at radius 2 is 1.70 bits per heavy atom. The first-order valence-electron chi connectivity index (χ1n) is 6.17. The van der Waals surface area contributed by atoms with E-state index in [2.05, 4.69) is 5.32 Å². The van der Waals surface area contributed by atoms with E-state index in [-0.39, 0.29) is 12.5 Å². The van der Waals surface area contributed by atoms with Crippen molar-refractivity contribution in [1.29, 1.82) is 0 Å². The van der Waals surface area contributed by atoms with Crippen molar-refractivity contribution < 1.29 is 22.8 Å². The monoisotopic (exact) mass is 297 g/mol. The summed E-state index contributed by atoms with van der Waals surface area (Å²) in [5.41, 5.74) is -0.403. The van der Waals surface area contributed by atoms with Gasteiger partial charge in [-0.2, -0.15) is 13.2 Å². The highest BCUT2D eigenvalue weighted by atomic mass is 19.4. The lowest BCUT2D eigenvalue weighted by molar-refractivity contribution is -0.141. The fraction of sp³-hybridized carbons (Fsp3) is 0.833. The largest absolute Gasteiger partial charge is 0.405 e. The van der Waals surface area contributed by atoms with Crippen LogP contribution in [0.5, 0.6) is 0 Å². The number of likely N-dealkylation sites (N-methyl/N-ethyl adjacent to an activating group) is 1. The van der Waals surface area contributed by atoms with Gasteiger partial charge in [-0.25, -0.2) is 0 Å². The normalized spacial score (nSPS) is 14.1. The Labute approximate surface area is 116 Å². The molecule has 5 nitrogen and oxygen atoms in total. The molecule has 118 valence electrons. The molecule has 0 fully saturated rings. The van der Waals surface area contributed by atoms with E-state index in [0.29, 0.717) is 0 Å². The van der Waals surface area contributed by atoms with E-state index in [9.17, 15) is 22.8 Å². The molecule has 0 aliphatic rings. The zero-order valence-electron chi connectivity index (χ0n) is 12.4. The van der Waals surface area contributed by atoms with Gasteiger partial charge in [-0.05, 0) is 34.7 Å². The molecule has 1 atom stereocenters. The van der Waals surface area contributed by atoms with Crippen molar-refractivity contribution in [3.8, 4) is 0 Å². The highest BCUT2D eigenvalue weighted by Crippen LogP contribution is 2.12. The molecule has 20 heavy (non-hydrogen) atoms. The molecule has 2 N–H and O–H groups in total. The number of carbonyl (C=O) groups is 2. The molecule has 0 saturated carbocycles. The molecule has 0 aliphatic carbocycles. The summed E-state index contributed by atoms with van der Waals surface area (Å²) in [6.45, 7) is 5.42. The van der Waals surface area contributed by atoms with E-state index < -0.39 is 30.2 Å². The quantitative estimate of drug-likeness (QED) is 0.792. The minimum Gasteiger partial charge on any atom is -0.350 e. The van der Waals surface area contributed by atoms with E-state index in [1.807, 2.05) is 20.8 Å². The van der Waals surface area contributed by atoms with E-state index in [1.165, 1.54) is 18.9 Å². The number of carbonyl (C=O) groups excluding carboxylic acids is 2. The van der Waals surface area contributed by atoms with Gasteiger partial charge in [0.25, 0.3) is 0 Å². The summed E-state index contributed by atoms with van der Waals surface area (Å²) in [4.78, 5) is 24.5. The molecular weight excluding hydrogens is 275 g/mol. The predicted molar refractivity (Wildman–Crippen MR) is 69.1 cm³/mol. The molecule has 0 radical (unpaired) electrons. The molecule has 0 spiro atoms. The number of hydrogen-bond donors (Lipinski definition) is 2. The second kappa shape index (κ2) is 6.92. The van der Waals surface area contributed by atoms with Crippen LogP contribution in [0.25, 0.3) is 0 Å². The molecule has 2 amide bonds. The van der Waals surface area contributed by atoms with E-state index in [0.717, 1.165) is 0 Å². The van der Waals surface area contributed by atoms with Crippen molar-refractivity contribution >= 4 is 11.8 Å². The van der Waals surface area contributed by atoms with Crippen LogP contribution in [0, 0.1) is 0 Å². The molecule has 0 aromatic heterocycles. The van der Waals surface area contributed by atoms with Crippen LogP contribution in [-0.4, -0.2) is 54.6 Å². The average Bonchev–Trinajstić information content (AvgIpc) is 2.20. The van der Waals surface area contributed by atoms with E-state index in [1.54, 1.807) is 5.32 Å². The highest BCUT2D eigenvalue weighted by molar-refractivity contribution is 5.83. The zero-order chi connectivity index (χ0) is 16.1. The van der Waals surface area contributed by atoms with Gasteiger partial charge in [0.15, 0.2) is 0 Å². The molecule has 8 heteroatoms. The number of alkyl halides is 3. The van der Waals surface area contributed by atoms with Crippen molar-refractivity contribution in [1.82, 2.24) is 15.5 Å². The molecule has 0 heterocycles. The van der Waals surface area contributed by atoms with Gasteiger partial charge in [-0.1, -0.05) is 0 Å². The maximum Gasteiger partial charge on any atom is 0.405 e. The molecule has 0 aliphatic heterocycles. The summed E-state index contributed by atoms with van der Waals surface area (Å²) in [7, 11) is 1.50. The molecule has 0 bridgehead atoms. The molecular formula is C12H22F3N3O2. The van der Waals surface area contributed by atoms with Crippen LogP contribution in [0.2, 0.25) is 0 Å². The van der Waals surface area contributed by atoms with Gasteiger partial charge in [-0.15, -0.1) is 0 Å². The van der Waals surface area contributed by atoms with Crippen molar-refractivity contribution in [2.24, 2.45) is 0 Å². The van der Waals surface area contributed by atoms with Crippen molar-refractivity contribution in [2.75, 3.05) is 20.1 Å². The summed E-state index contributed by atoms with van der Waals surface area (Å²) < 4.78 is 36.0. The smallest absolute Gasteiger partial charge is 0.350 e. The lowest BCUT2D eigenvalue weighted by Crippen LogP contribution is -2.51. The fourth-order valence-corrected chi connectivity index (χ4v) is 1.36. The zero-order valence-corrected chi connectivity index (χ0v) is 12.4. The van der Waals surface area contributed by atoms with Crippen LogP contribution in [0.1, 0.15) is 27.7 Å². The van der Waals surface area contributed by atoms with Crippen LogP contribution in [-0.2, 0) is 9.59 Å². The Bertz CT molecular complexity index is 351. The van der Waals surface area contributed by atoms with Gasteiger partial charge < -0.3 is 10.6 Å². The molecule has 0 saturated heterocycles. The maximum atomic E-state index is 12.0. The van der Waals surface area contributed by atoms with Gasteiger partial charge in [0.1, 0.15) is 6.54 Å². The maximum absolute atomic E-state index is 12.0. The van der Waals surface area contributed by atoms with Gasteiger partial charge >= 0.3 is 6.18 Å². The van der Waals surface area contributed by atoms with Crippen LogP contribution < -0.4 is 10.6 Å². The molecule has 0 rings (SSSR count). The SMILES string of the molecule is CC(C(=O)NCC(F)(F)F)N(C)CC(=O)NC(C)(C)C. The van der Waals surface area contributed by atoms with Crippen LogP contribution in [0.15, 0.2) is 0 Å². The molecule has 1 unspecified atom stereocenters. The fourth-order valence-electron chi connectivity index (χ4n) is 1.36. The lowest BCUT2D eigenvalue weighted by Gasteiger charge is -2.26. The number of hydrogen-bond acceptors (Lipinski definition) is 3. The standard InChI is InChI=1S/C12H22F3N3O2/c1-8(10(20)16-7-12(13,14)15)18(5)6-9(19)17-11(2,3)4/h8H,6-7H2,1-5H3,(H,16,20)(H,17,19). The third-order valence-electron chi connectivity index (χ3n) is 2.41. The third-order valence-corrected chi connectivity index (χ3v) is 2.41. The van der Waals surface area contributed by atoms with Crippen molar-refractivity contribution in [2.45, 2.75) is 45.5 Å². The minimum atomic E-state index is -4.45. The molecule has 0 aromatic carbocycles. The minimum absolute atomic E-state index is 0.0716. The van der Waals surface area contributed by atoms with Crippen molar-refractivity contribution in [3.63, 3.8) is 0 Å². The van der Waals surface area contributed by atoms with Gasteiger partial charge in [0.2, 0.25) is 11.8 Å². The number of halogens is 3. The second-order valence-electron chi connectivity index (χ2n) is 5.72. The molecule has 0 aromatic rings. The average molecular weight is 297 g/mol. The Kier molecular flexibility index (Phi) is 6.46. The number of nitrogens with zero attached hydrogens (tertiary/aromatic N) is 1. The number of nitrogens with one attached hydrogen (secondary N) is 2. The Balaban J connectivity index is 4.30. The summed E-state index contributed by atoms with van der Waals surface area (Å²) in [5.74, 6) is -1.07. The lowest BCUT2D eigenvalue weighted by atomic mass is 10.1. The van der Waals surface area contributed by atoms with Gasteiger partial charge in [0.05, 0.1) is 12.6 Å². The first-order chi connectivity index (χ1) is 8.82. The van der Waals surface area contributed by atoms with Gasteiger partial charge in [0, 0.05) is 5.54 Å². The summed E-state index contributed by atoms with van der Waals surface area (Å²) >= 11 is 0. The highest BCUT2D eigenvalue weighted by Gasteiger charge is 2.29. The predicted octanol–water partition coefficient (Wildman–Crippen LogP) is 0.900. The van der Waals surface area contributed by atoms with E-state index in [4.69, 9.17) is 0 Å². The summed E-state index contributed by atoms with van der Waals surface area (Å²) in [6, 6.07) is -0.830. The topological polar surface area (TPSA) is 61.4 Å².